The molecule has 0 fully saturated rings. The highest BCUT2D eigenvalue weighted by molar-refractivity contribution is 7.99. The Hall–Kier alpha value is -1.49. The van der Waals surface area contributed by atoms with E-state index in [9.17, 15) is 9.59 Å². The van der Waals surface area contributed by atoms with Crippen molar-refractivity contribution in [2.75, 3.05) is 5.75 Å². The summed E-state index contributed by atoms with van der Waals surface area (Å²) in [5, 5.41) is 9.20. The summed E-state index contributed by atoms with van der Waals surface area (Å²) in [4.78, 5) is 22.9. The van der Waals surface area contributed by atoms with E-state index in [0.29, 0.717) is 0 Å². The van der Waals surface area contributed by atoms with Crippen LogP contribution in [0.3, 0.4) is 0 Å². The van der Waals surface area contributed by atoms with Crippen molar-refractivity contribution in [2.24, 2.45) is 0 Å². The van der Waals surface area contributed by atoms with Crippen LogP contribution in [0, 0.1) is 0 Å². The summed E-state index contributed by atoms with van der Waals surface area (Å²) in [5.74, 6) is -2.51. The topological polar surface area (TPSA) is 66.4 Å². The molecule has 86 valence electrons. The van der Waals surface area contributed by atoms with Crippen LogP contribution in [0.4, 0.5) is 0 Å². The van der Waals surface area contributed by atoms with Gasteiger partial charge in [0.15, 0.2) is 1.41 Å². The van der Waals surface area contributed by atoms with Crippen LogP contribution in [0.15, 0.2) is 35.2 Å². The van der Waals surface area contributed by atoms with Gasteiger partial charge >= 0.3 is 5.97 Å². The van der Waals surface area contributed by atoms with Crippen molar-refractivity contribution in [3.63, 3.8) is 0 Å². The first-order valence-electron chi connectivity index (χ1n) is 5.53. The number of hydrogen-bond donors (Lipinski definition) is 2. The van der Waals surface area contributed by atoms with Gasteiger partial charge in [0.2, 0.25) is 5.91 Å². The first-order valence-corrected chi connectivity index (χ1v) is 5.57. The second kappa shape index (κ2) is 6.17. The van der Waals surface area contributed by atoms with Crippen LogP contribution in [-0.2, 0) is 9.59 Å². The van der Waals surface area contributed by atoms with Crippen molar-refractivity contribution in [3.8, 4) is 0 Å². The van der Waals surface area contributed by atoms with Gasteiger partial charge in [-0.1, -0.05) is 18.2 Å². The van der Waals surface area contributed by atoms with E-state index in [1.54, 1.807) is 24.3 Å². The summed E-state index contributed by atoms with van der Waals surface area (Å²) in [5.41, 5.74) is 0. The Morgan fingerprint density at radius 2 is 2.19 bits per heavy atom. The van der Waals surface area contributed by atoms with Gasteiger partial charge in [-0.3, -0.25) is 4.79 Å². The first-order chi connectivity index (χ1) is 8.38. The van der Waals surface area contributed by atoms with E-state index in [0.717, 1.165) is 23.6 Å². The lowest BCUT2D eigenvalue weighted by atomic mass is 10.3. The predicted octanol–water partition coefficient (Wildman–Crippen LogP) is 1.37. The number of carbonyl (C=O) groups excluding carboxylic acids is 1. The van der Waals surface area contributed by atoms with Crippen molar-refractivity contribution < 1.29 is 17.5 Å². The molecule has 0 saturated carbocycles. The number of carboxylic acids is 1. The normalized spacial score (nSPS) is 15.6. The third-order valence-corrected chi connectivity index (χ3v) is 2.68. The molecule has 0 unspecified atom stereocenters. The van der Waals surface area contributed by atoms with Gasteiger partial charge < -0.3 is 10.4 Å². The summed E-state index contributed by atoms with van der Waals surface area (Å²) < 4.78 is 15.1. The summed E-state index contributed by atoms with van der Waals surface area (Å²) in [6, 6.07) is 6.66. The van der Waals surface area contributed by atoms with Crippen LogP contribution in [0.2, 0.25) is 1.41 Å². The summed E-state index contributed by atoms with van der Waals surface area (Å²) in [7, 11) is 0. The predicted molar refractivity (Wildman–Crippen MR) is 62.4 cm³/mol. The molecule has 0 radical (unpaired) electrons. The van der Waals surface area contributed by atoms with E-state index in [1.165, 1.54) is 0 Å². The SMILES string of the molecule is [2H]N(C(C)=O)[C@@]([2H])(CSc1ccccc1)C(=O)O. The number of rotatable bonds is 5. The van der Waals surface area contributed by atoms with Crippen LogP contribution in [0.5, 0.6) is 0 Å². The molecule has 0 heterocycles. The lowest BCUT2D eigenvalue weighted by Crippen LogP contribution is -2.41. The molecule has 5 heteroatoms. The molecule has 4 nitrogen and oxygen atoms in total. The lowest BCUT2D eigenvalue weighted by molar-refractivity contribution is -0.140. The molecule has 0 saturated heterocycles. The van der Waals surface area contributed by atoms with Gasteiger partial charge in [0.1, 0.15) is 6.02 Å². The van der Waals surface area contributed by atoms with Gasteiger partial charge in [-0.05, 0) is 12.1 Å². The Morgan fingerprint density at radius 1 is 1.56 bits per heavy atom. The monoisotopic (exact) mass is 241 g/mol. The number of aliphatic carboxylic acids is 1. The van der Waals surface area contributed by atoms with Crippen LogP contribution >= 0.6 is 11.8 Å². The number of thioether (sulfide) groups is 1. The van der Waals surface area contributed by atoms with E-state index in [4.69, 9.17) is 7.89 Å². The van der Waals surface area contributed by atoms with Crippen LogP contribution in [-0.4, -0.2) is 28.8 Å². The molecule has 1 aromatic rings. The number of nitrogens with one attached hydrogen (secondary N) is 1. The van der Waals surface area contributed by atoms with E-state index in [1.807, 2.05) is 6.07 Å². The zero-order valence-corrected chi connectivity index (χ0v) is 9.53. The van der Waals surface area contributed by atoms with Gasteiger partial charge in [-0.15, -0.1) is 11.8 Å². The Morgan fingerprint density at radius 3 is 2.69 bits per heavy atom. The minimum absolute atomic E-state index is 0.186. The maximum Gasteiger partial charge on any atom is 0.327 e. The second-order valence-electron chi connectivity index (χ2n) is 2.98. The molecule has 0 bridgehead atoms. The fourth-order valence-electron chi connectivity index (χ4n) is 1.00. The molecule has 0 aliphatic heterocycles. The Labute approximate surface area is 101 Å². The Kier molecular flexibility index (Phi) is 3.75. The van der Waals surface area contributed by atoms with Crippen LogP contribution in [0.1, 0.15) is 8.29 Å². The Balaban J connectivity index is 2.81. The van der Waals surface area contributed by atoms with Crippen LogP contribution < -0.4 is 5.31 Å². The average Bonchev–Trinajstić information content (AvgIpc) is 2.35. The Bertz CT molecular complexity index is 443. The van der Waals surface area contributed by atoms with Gasteiger partial charge in [0, 0.05) is 17.6 Å². The maximum atomic E-state index is 11.1. The zero-order valence-electron chi connectivity index (χ0n) is 10.7. The minimum atomic E-state index is -2.29. The lowest BCUT2D eigenvalue weighted by Gasteiger charge is -2.12. The highest BCUT2D eigenvalue weighted by atomic mass is 32.2. The third-order valence-electron chi connectivity index (χ3n) is 1.66. The first kappa shape index (κ1) is 9.72. The summed E-state index contributed by atoms with van der Waals surface area (Å²) in [6.45, 7) is 1.06. The van der Waals surface area contributed by atoms with Crippen molar-refractivity contribution >= 4 is 23.6 Å². The molecule has 1 rings (SSSR count). The largest absolute Gasteiger partial charge is 0.480 e. The number of hydrogen-bond acceptors (Lipinski definition) is 3. The molecule has 0 aromatic heterocycles. The summed E-state index contributed by atoms with van der Waals surface area (Å²) in [6.07, 6.45) is 0. The van der Waals surface area contributed by atoms with Gasteiger partial charge in [0.05, 0.1) is 1.37 Å². The fraction of sp³-hybridized carbons (Fsp3) is 0.273. The smallest absolute Gasteiger partial charge is 0.327 e. The quantitative estimate of drug-likeness (QED) is 0.764. The second-order valence-corrected chi connectivity index (χ2v) is 4.03. The third kappa shape index (κ3) is 4.35. The van der Waals surface area contributed by atoms with Gasteiger partial charge in [-0.25, -0.2) is 4.79 Å². The van der Waals surface area contributed by atoms with Crippen molar-refractivity contribution in [3.05, 3.63) is 30.3 Å². The molecule has 0 spiro atoms. The van der Waals surface area contributed by atoms with E-state index in [2.05, 4.69) is 0 Å². The average molecular weight is 241 g/mol. The van der Waals surface area contributed by atoms with Crippen molar-refractivity contribution in [1.82, 2.24) is 5.31 Å². The number of carboxylic acid groups (broad SMARTS) is 1. The van der Waals surface area contributed by atoms with Crippen molar-refractivity contribution in [2.45, 2.75) is 17.8 Å². The van der Waals surface area contributed by atoms with E-state index >= 15 is 0 Å². The van der Waals surface area contributed by atoms with Crippen molar-refractivity contribution in [1.29, 1.82) is 0 Å². The zero-order chi connectivity index (χ0) is 13.8. The molecule has 2 N–H and O–H groups in total. The number of carbonyl (C=O) groups is 2. The molecule has 1 atom stereocenters. The van der Waals surface area contributed by atoms with E-state index in [-0.39, 0.29) is 11.1 Å². The maximum absolute atomic E-state index is 11.1. The van der Waals surface area contributed by atoms with E-state index < -0.39 is 17.9 Å². The van der Waals surface area contributed by atoms with Gasteiger partial charge in [0.25, 0.3) is 0 Å². The number of benzene rings is 1. The van der Waals surface area contributed by atoms with Gasteiger partial charge in [-0.2, -0.15) is 0 Å². The molecule has 1 aromatic carbocycles. The standard InChI is InChI=1S/C11H13NO3S/c1-8(13)12-10(11(14)15)7-16-9-5-3-2-4-6-9/h2-6,10H,7H2,1H3,(H,12,13)(H,14,15)/t10-/m0/s1/i10D/hD. The molecule has 0 aliphatic rings. The molecular weight excluding hydrogens is 226 g/mol. The fourth-order valence-corrected chi connectivity index (χ4v) is 1.84. The molecule has 16 heavy (non-hydrogen) atoms. The molecule has 0 aliphatic carbocycles. The highest BCUT2D eigenvalue weighted by Gasteiger charge is 2.18. The number of amides is 1. The minimum Gasteiger partial charge on any atom is -0.480 e. The molecular formula is C11H13NO3S. The van der Waals surface area contributed by atoms with Crippen LogP contribution in [0.25, 0.3) is 0 Å². The summed E-state index contributed by atoms with van der Waals surface area (Å²) >= 11 is 1.12. The molecule has 1 amide bonds. The highest BCUT2D eigenvalue weighted by Crippen LogP contribution is 2.17.